The van der Waals surface area contributed by atoms with Gasteiger partial charge in [-0.25, -0.2) is 4.98 Å². The van der Waals surface area contributed by atoms with Crippen LogP contribution in [0.1, 0.15) is 11.1 Å². The number of thioether (sulfide) groups is 1. The molecule has 0 aliphatic carbocycles. The molecule has 1 aliphatic rings. The van der Waals surface area contributed by atoms with E-state index in [-0.39, 0.29) is 0 Å². The summed E-state index contributed by atoms with van der Waals surface area (Å²) in [4.78, 5) is 10.4. The Labute approximate surface area is 164 Å². The summed E-state index contributed by atoms with van der Waals surface area (Å²) >= 11 is 1.72. The van der Waals surface area contributed by atoms with Crippen LogP contribution in [0.25, 0.3) is 11.0 Å². The first kappa shape index (κ1) is 18.3. The number of hydrogen-bond acceptors (Lipinski definition) is 5. The number of ether oxygens (including phenoxy) is 2. The normalized spacial score (nSPS) is 15.3. The molecule has 3 aromatic rings. The summed E-state index contributed by atoms with van der Waals surface area (Å²) in [5.74, 6) is 1.85. The fourth-order valence-corrected chi connectivity index (χ4v) is 4.18. The molecule has 1 aromatic heterocycles. The van der Waals surface area contributed by atoms with Crippen molar-refractivity contribution in [1.82, 2.24) is 14.9 Å². The molecule has 27 heavy (non-hydrogen) atoms. The van der Waals surface area contributed by atoms with Crippen molar-refractivity contribution >= 4 is 22.8 Å². The summed E-state index contributed by atoms with van der Waals surface area (Å²) in [6, 6.07) is 14.4. The van der Waals surface area contributed by atoms with Crippen molar-refractivity contribution in [2.75, 3.05) is 39.5 Å². The summed E-state index contributed by atoms with van der Waals surface area (Å²) in [5.41, 5.74) is 4.58. The molecule has 1 N–H and O–H groups in total. The fraction of sp³-hybridized carbons (Fsp3) is 0.381. The lowest BCUT2D eigenvalue weighted by Crippen LogP contribution is -2.38. The topological polar surface area (TPSA) is 50.4 Å². The second-order valence-corrected chi connectivity index (χ2v) is 7.65. The Balaban J connectivity index is 1.34. The number of nitrogens with one attached hydrogen (secondary N) is 1. The molecule has 4 rings (SSSR count). The summed E-state index contributed by atoms with van der Waals surface area (Å²) < 4.78 is 11.5. The number of imidazole rings is 1. The van der Waals surface area contributed by atoms with Crippen molar-refractivity contribution in [3.63, 3.8) is 0 Å². The number of hydrogen-bond donors (Lipinski definition) is 1. The molecule has 1 fully saturated rings. The van der Waals surface area contributed by atoms with Gasteiger partial charge in [-0.2, -0.15) is 0 Å². The number of nitrogens with zero attached hydrogens (tertiary/aromatic N) is 2. The van der Waals surface area contributed by atoms with Crippen LogP contribution >= 0.6 is 11.8 Å². The van der Waals surface area contributed by atoms with Crippen molar-refractivity contribution in [1.29, 1.82) is 0 Å². The largest absolute Gasteiger partial charge is 0.492 e. The van der Waals surface area contributed by atoms with E-state index >= 15 is 0 Å². The predicted octanol–water partition coefficient (Wildman–Crippen LogP) is 3.87. The van der Waals surface area contributed by atoms with Gasteiger partial charge in [-0.1, -0.05) is 36.0 Å². The van der Waals surface area contributed by atoms with E-state index in [1.807, 2.05) is 18.2 Å². The molecule has 6 heteroatoms. The first-order valence-corrected chi connectivity index (χ1v) is 10.4. The number of aromatic amines is 1. The lowest BCUT2D eigenvalue weighted by atomic mass is 10.1. The Bertz CT molecular complexity index is 857. The Morgan fingerprint density at radius 3 is 2.85 bits per heavy atom. The molecule has 1 aliphatic heterocycles. The van der Waals surface area contributed by atoms with E-state index in [4.69, 9.17) is 9.47 Å². The van der Waals surface area contributed by atoms with Gasteiger partial charge >= 0.3 is 0 Å². The molecule has 0 radical (unpaired) electrons. The van der Waals surface area contributed by atoms with Crippen molar-refractivity contribution < 1.29 is 9.47 Å². The van der Waals surface area contributed by atoms with Gasteiger partial charge in [0.25, 0.3) is 0 Å². The van der Waals surface area contributed by atoms with E-state index in [1.54, 1.807) is 11.8 Å². The molecule has 2 heterocycles. The average Bonchev–Trinajstić information content (AvgIpc) is 3.12. The SMILES string of the molecule is Cc1c(CSc2nc3ccccc3[nH]2)cccc1OCCN1CCOCC1. The Morgan fingerprint density at radius 1 is 1.15 bits per heavy atom. The molecule has 1 saturated heterocycles. The van der Waals surface area contributed by atoms with Crippen LogP contribution in [-0.4, -0.2) is 54.3 Å². The minimum Gasteiger partial charge on any atom is -0.492 e. The molecular weight excluding hydrogens is 358 g/mol. The third kappa shape index (κ3) is 4.64. The molecule has 0 saturated carbocycles. The highest BCUT2D eigenvalue weighted by Gasteiger charge is 2.11. The second kappa shape index (κ2) is 8.78. The van der Waals surface area contributed by atoms with E-state index in [1.165, 1.54) is 11.1 Å². The molecule has 2 aromatic carbocycles. The summed E-state index contributed by atoms with van der Waals surface area (Å²) in [7, 11) is 0. The molecule has 0 spiro atoms. The Hall–Kier alpha value is -2.02. The standard InChI is InChI=1S/C21H25N3O2S/c1-16-17(15-27-21-22-18-6-2-3-7-19(18)23-21)5-4-8-20(16)26-14-11-24-9-12-25-13-10-24/h2-8H,9-15H2,1H3,(H,22,23). The summed E-state index contributed by atoms with van der Waals surface area (Å²) in [5, 5.41) is 0.953. The third-order valence-corrected chi connectivity index (χ3v) is 5.82. The van der Waals surface area contributed by atoms with E-state index in [0.29, 0.717) is 6.61 Å². The van der Waals surface area contributed by atoms with Gasteiger partial charge in [-0.05, 0) is 36.2 Å². The number of benzene rings is 2. The molecule has 142 valence electrons. The van der Waals surface area contributed by atoms with E-state index in [0.717, 1.165) is 60.5 Å². The third-order valence-electron chi connectivity index (χ3n) is 4.90. The van der Waals surface area contributed by atoms with Crippen LogP contribution in [0.5, 0.6) is 5.75 Å². The van der Waals surface area contributed by atoms with Crippen molar-refractivity contribution in [3.05, 3.63) is 53.6 Å². The zero-order chi connectivity index (χ0) is 18.5. The van der Waals surface area contributed by atoms with Crippen molar-refractivity contribution in [2.24, 2.45) is 0 Å². The van der Waals surface area contributed by atoms with E-state index in [9.17, 15) is 0 Å². The van der Waals surface area contributed by atoms with Gasteiger partial charge in [0.05, 0.1) is 24.2 Å². The molecular formula is C21H25N3O2S. The van der Waals surface area contributed by atoms with Gasteiger partial charge in [-0.3, -0.25) is 4.90 Å². The number of H-pyrrole nitrogens is 1. The molecule has 0 unspecified atom stereocenters. The molecule has 0 bridgehead atoms. The Kier molecular flexibility index (Phi) is 5.97. The van der Waals surface area contributed by atoms with Gasteiger partial charge in [0, 0.05) is 25.4 Å². The number of aromatic nitrogens is 2. The number of para-hydroxylation sites is 2. The highest BCUT2D eigenvalue weighted by Crippen LogP contribution is 2.28. The van der Waals surface area contributed by atoms with E-state index < -0.39 is 0 Å². The highest BCUT2D eigenvalue weighted by atomic mass is 32.2. The summed E-state index contributed by atoms with van der Waals surface area (Å²) in [6.07, 6.45) is 0. The first-order chi connectivity index (χ1) is 13.3. The van der Waals surface area contributed by atoms with Gasteiger partial charge in [-0.15, -0.1) is 0 Å². The number of fused-ring (bicyclic) bond motifs is 1. The molecule has 0 atom stereocenters. The van der Waals surface area contributed by atoms with Crippen LogP contribution < -0.4 is 4.74 Å². The van der Waals surface area contributed by atoms with Crippen molar-refractivity contribution in [3.8, 4) is 5.75 Å². The number of morpholine rings is 1. The van der Waals surface area contributed by atoms with Gasteiger partial charge in [0.1, 0.15) is 12.4 Å². The van der Waals surface area contributed by atoms with Gasteiger partial charge in [0.2, 0.25) is 0 Å². The maximum absolute atomic E-state index is 6.07. The molecule has 0 amide bonds. The van der Waals surface area contributed by atoms with Crippen LogP contribution in [0.15, 0.2) is 47.6 Å². The maximum Gasteiger partial charge on any atom is 0.166 e. The maximum atomic E-state index is 6.07. The number of rotatable bonds is 7. The molecule has 5 nitrogen and oxygen atoms in total. The van der Waals surface area contributed by atoms with Crippen LogP contribution in [0.4, 0.5) is 0 Å². The van der Waals surface area contributed by atoms with Crippen molar-refractivity contribution in [2.45, 2.75) is 17.8 Å². The highest BCUT2D eigenvalue weighted by molar-refractivity contribution is 7.98. The van der Waals surface area contributed by atoms with Crippen LogP contribution in [0.3, 0.4) is 0 Å². The smallest absolute Gasteiger partial charge is 0.166 e. The van der Waals surface area contributed by atoms with E-state index in [2.05, 4.69) is 46.1 Å². The van der Waals surface area contributed by atoms with Gasteiger partial charge < -0.3 is 14.5 Å². The monoisotopic (exact) mass is 383 g/mol. The Morgan fingerprint density at radius 2 is 2.00 bits per heavy atom. The minimum absolute atomic E-state index is 0.709. The minimum atomic E-state index is 0.709. The summed E-state index contributed by atoms with van der Waals surface area (Å²) in [6.45, 7) is 7.44. The van der Waals surface area contributed by atoms with Crippen LogP contribution in [-0.2, 0) is 10.5 Å². The predicted molar refractivity (Wildman–Crippen MR) is 110 cm³/mol. The zero-order valence-corrected chi connectivity index (χ0v) is 16.4. The lowest BCUT2D eigenvalue weighted by Gasteiger charge is -2.26. The van der Waals surface area contributed by atoms with Crippen LogP contribution in [0, 0.1) is 6.92 Å². The van der Waals surface area contributed by atoms with Crippen LogP contribution in [0.2, 0.25) is 0 Å². The average molecular weight is 384 g/mol. The van der Waals surface area contributed by atoms with Gasteiger partial charge in [0.15, 0.2) is 5.16 Å². The quantitative estimate of drug-likeness (QED) is 0.628. The fourth-order valence-electron chi connectivity index (χ4n) is 3.23. The first-order valence-electron chi connectivity index (χ1n) is 9.38. The second-order valence-electron chi connectivity index (χ2n) is 6.69. The lowest BCUT2D eigenvalue weighted by molar-refractivity contribution is 0.0322. The zero-order valence-electron chi connectivity index (χ0n) is 15.6.